The molecule has 1 rings (SSSR count). The van der Waals surface area contributed by atoms with Crippen molar-refractivity contribution in [2.45, 2.75) is 12.8 Å². The molecule has 0 unspecified atom stereocenters. The third kappa shape index (κ3) is 4.67. The maximum atomic E-state index is 11.6. The van der Waals surface area contributed by atoms with Crippen molar-refractivity contribution < 1.29 is 4.79 Å². The molecular weight excluding hydrogens is 277 g/mol. The lowest BCUT2D eigenvalue weighted by molar-refractivity contribution is 0.0953. The van der Waals surface area contributed by atoms with Gasteiger partial charge in [0.15, 0.2) is 0 Å². The fourth-order valence-corrected chi connectivity index (χ4v) is 1.74. The van der Waals surface area contributed by atoms with Crippen molar-refractivity contribution in [3.63, 3.8) is 0 Å². The summed E-state index contributed by atoms with van der Waals surface area (Å²) >= 11 is 8.86. The molecule has 0 aliphatic carbocycles. The SMILES string of the molecule is O=C(NCCCCCl)c1cccc(Br)c1. The number of carbonyl (C=O) groups is 1. The van der Waals surface area contributed by atoms with E-state index in [1.807, 2.05) is 12.1 Å². The predicted molar refractivity (Wildman–Crippen MR) is 66.4 cm³/mol. The third-order valence-electron chi connectivity index (χ3n) is 1.93. The van der Waals surface area contributed by atoms with Crippen molar-refractivity contribution in [2.75, 3.05) is 12.4 Å². The highest BCUT2D eigenvalue weighted by Gasteiger charge is 2.03. The summed E-state index contributed by atoms with van der Waals surface area (Å²) in [7, 11) is 0. The van der Waals surface area contributed by atoms with Crippen molar-refractivity contribution in [2.24, 2.45) is 0 Å². The van der Waals surface area contributed by atoms with E-state index in [0.717, 1.165) is 17.3 Å². The molecule has 1 amide bonds. The number of nitrogens with one attached hydrogen (secondary N) is 1. The standard InChI is InChI=1S/C11H13BrClNO/c12-10-5-3-4-9(8-10)11(15)14-7-2-1-6-13/h3-5,8H,1-2,6-7H2,(H,14,15). The zero-order valence-corrected chi connectivity index (χ0v) is 10.6. The number of carbonyl (C=O) groups excluding carboxylic acids is 1. The summed E-state index contributed by atoms with van der Waals surface area (Å²) in [5.74, 6) is 0.609. The number of benzene rings is 1. The molecule has 1 aromatic rings. The number of alkyl halides is 1. The third-order valence-corrected chi connectivity index (χ3v) is 2.69. The summed E-state index contributed by atoms with van der Waals surface area (Å²) in [5, 5.41) is 2.84. The molecular formula is C11H13BrClNO. The maximum Gasteiger partial charge on any atom is 0.251 e. The Kier molecular flexibility index (Phi) is 5.73. The van der Waals surface area contributed by atoms with Gasteiger partial charge in [-0.2, -0.15) is 0 Å². The average molecular weight is 291 g/mol. The van der Waals surface area contributed by atoms with Crippen LogP contribution in [0.1, 0.15) is 23.2 Å². The number of amides is 1. The van der Waals surface area contributed by atoms with E-state index in [2.05, 4.69) is 21.2 Å². The molecule has 0 spiro atoms. The molecule has 1 N–H and O–H groups in total. The fraction of sp³-hybridized carbons (Fsp3) is 0.364. The van der Waals surface area contributed by atoms with Crippen LogP contribution in [-0.4, -0.2) is 18.3 Å². The van der Waals surface area contributed by atoms with Gasteiger partial charge in [0, 0.05) is 22.5 Å². The number of unbranched alkanes of at least 4 members (excludes halogenated alkanes) is 1. The monoisotopic (exact) mass is 289 g/mol. The second-order valence-corrected chi connectivity index (χ2v) is 4.46. The quantitative estimate of drug-likeness (QED) is 0.655. The predicted octanol–water partition coefficient (Wildman–Crippen LogP) is 3.20. The molecule has 0 aliphatic rings. The normalized spacial score (nSPS) is 10.0. The lowest BCUT2D eigenvalue weighted by atomic mass is 10.2. The maximum absolute atomic E-state index is 11.6. The Morgan fingerprint density at radius 3 is 2.87 bits per heavy atom. The van der Waals surface area contributed by atoms with Crippen molar-refractivity contribution >= 4 is 33.4 Å². The van der Waals surface area contributed by atoms with Crippen molar-refractivity contribution in [3.8, 4) is 0 Å². The van der Waals surface area contributed by atoms with Gasteiger partial charge in [0.05, 0.1) is 0 Å². The molecule has 0 atom stereocenters. The molecule has 2 nitrogen and oxygen atoms in total. The van der Waals surface area contributed by atoms with Crippen LogP contribution in [0.15, 0.2) is 28.7 Å². The molecule has 0 aromatic heterocycles. The first-order valence-electron chi connectivity index (χ1n) is 4.84. The fourth-order valence-electron chi connectivity index (χ4n) is 1.15. The largest absolute Gasteiger partial charge is 0.352 e. The van der Waals surface area contributed by atoms with E-state index in [-0.39, 0.29) is 5.91 Å². The Morgan fingerprint density at radius 2 is 2.20 bits per heavy atom. The highest BCUT2D eigenvalue weighted by Crippen LogP contribution is 2.11. The number of hydrogen-bond acceptors (Lipinski definition) is 1. The zero-order valence-electron chi connectivity index (χ0n) is 8.30. The van der Waals surface area contributed by atoms with Crippen molar-refractivity contribution in [1.29, 1.82) is 0 Å². The number of hydrogen-bond donors (Lipinski definition) is 1. The van der Waals surface area contributed by atoms with Crippen molar-refractivity contribution in [1.82, 2.24) is 5.32 Å². The molecule has 1 aromatic carbocycles. The molecule has 4 heteroatoms. The van der Waals surface area contributed by atoms with E-state index >= 15 is 0 Å². The van der Waals surface area contributed by atoms with Gasteiger partial charge in [-0.1, -0.05) is 22.0 Å². The van der Waals surface area contributed by atoms with Crippen LogP contribution in [0.25, 0.3) is 0 Å². The van der Waals surface area contributed by atoms with Crippen LogP contribution in [0.4, 0.5) is 0 Å². The molecule has 0 saturated heterocycles. The van der Waals surface area contributed by atoms with E-state index in [4.69, 9.17) is 11.6 Å². The molecule has 15 heavy (non-hydrogen) atoms. The molecule has 0 saturated carbocycles. The van der Waals surface area contributed by atoms with Crippen molar-refractivity contribution in [3.05, 3.63) is 34.3 Å². The Hall–Kier alpha value is -0.540. The van der Waals surface area contributed by atoms with Gasteiger partial charge < -0.3 is 5.32 Å². The van der Waals surface area contributed by atoms with Gasteiger partial charge in [0.1, 0.15) is 0 Å². The van der Waals surface area contributed by atoms with E-state index in [9.17, 15) is 4.79 Å². The van der Waals surface area contributed by atoms with Gasteiger partial charge in [-0.05, 0) is 31.0 Å². The summed E-state index contributed by atoms with van der Waals surface area (Å²) in [4.78, 5) is 11.6. The summed E-state index contributed by atoms with van der Waals surface area (Å²) in [6.07, 6.45) is 1.85. The van der Waals surface area contributed by atoms with Crippen LogP contribution in [0.3, 0.4) is 0 Å². The zero-order chi connectivity index (χ0) is 11.1. The highest BCUT2D eigenvalue weighted by molar-refractivity contribution is 9.10. The summed E-state index contributed by atoms with van der Waals surface area (Å²) in [5.41, 5.74) is 0.676. The van der Waals surface area contributed by atoms with E-state index in [0.29, 0.717) is 18.0 Å². The van der Waals surface area contributed by atoms with Crippen LogP contribution in [-0.2, 0) is 0 Å². The van der Waals surface area contributed by atoms with Gasteiger partial charge >= 0.3 is 0 Å². The Balaban J connectivity index is 2.40. The Bertz CT molecular complexity index is 330. The molecule has 0 fully saturated rings. The van der Waals surface area contributed by atoms with Crippen LogP contribution in [0.5, 0.6) is 0 Å². The number of rotatable bonds is 5. The highest BCUT2D eigenvalue weighted by atomic mass is 79.9. The second kappa shape index (κ2) is 6.85. The van der Waals surface area contributed by atoms with Crippen LogP contribution in [0.2, 0.25) is 0 Å². The average Bonchev–Trinajstić information content (AvgIpc) is 2.24. The summed E-state index contributed by atoms with van der Waals surface area (Å²) < 4.78 is 0.913. The van der Waals surface area contributed by atoms with Gasteiger partial charge in [-0.3, -0.25) is 4.79 Å². The van der Waals surface area contributed by atoms with Crippen LogP contribution < -0.4 is 5.32 Å². The van der Waals surface area contributed by atoms with Gasteiger partial charge in [-0.15, -0.1) is 11.6 Å². The second-order valence-electron chi connectivity index (χ2n) is 3.16. The van der Waals surface area contributed by atoms with Crippen LogP contribution >= 0.6 is 27.5 Å². The topological polar surface area (TPSA) is 29.1 Å². The molecule has 0 radical (unpaired) electrons. The molecule has 0 bridgehead atoms. The first-order chi connectivity index (χ1) is 7.24. The lowest BCUT2D eigenvalue weighted by Crippen LogP contribution is -2.24. The minimum Gasteiger partial charge on any atom is -0.352 e. The smallest absolute Gasteiger partial charge is 0.251 e. The van der Waals surface area contributed by atoms with Crippen LogP contribution in [0, 0.1) is 0 Å². The van der Waals surface area contributed by atoms with Gasteiger partial charge in [-0.25, -0.2) is 0 Å². The minimum absolute atomic E-state index is 0.0362. The number of halogens is 2. The lowest BCUT2D eigenvalue weighted by Gasteiger charge is -2.04. The molecule has 82 valence electrons. The van der Waals surface area contributed by atoms with E-state index < -0.39 is 0 Å². The van der Waals surface area contributed by atoms with E-state index in [1.165, 1.54) is 0 Å². The molecule has 0 heterocycles. The van der Waals surface area contributed by atoms with Gasteiger partial charge in [0.2, 0.25) is 0 Å². The Labute approximate surface area is 103 Å². The first-order valence-corrected chi connectivity index (χ1v) is 6.16. The Morgan fingerprint density at radius 1 is 1.40 bits per heavy atom. The van der Waals surface area contributed by atoms with E-state index in [1.54, 1.807) is 12.1 Å². The summed E-state index contributed by atoms with van der Waals surface area (Å²) in [6.45, 7) is 0.679. The minimum atomic E-state index is -0.0362. The summed E-state index contributed by atoms with van der Waals surface area (Å²) in [6, 6.07) is 7.33. The molecule has 0 aliphatic heterocycles. The first kappa shape index (κ1) is 12.5. The van der Waals surface area contributed by atoms with Gasteiger partial charge in [0.25, 0.3) is 5.91 Å².